The summed E-state index contributed by atoms with van der Waals surface area (Å²) >= 11 is 0. The number of hydrogen-bond acceptors (Lipinski definition) is 3. The summed E-state index contributed by atoms with van der Waals surface area (Å²) in [4.78, 5) is 25.5. The van der Waals surface area contributed by atoms with Crippen molar-refractivity contribution in [2.24, 2.45) is 7.05 Å². The number of aromatic nitrogens is 2. The lowest BCUT2D eigenvalue weighted by Gasteiger charge is -2.10. The summed E-state index contributed by atoms with van der Waals surface area (Å²) in [6.07, 6.45) is 0. The van der Waals surface area contributed by atoms with Crippen molar-refractivity contribution in [2.45, 2.75) is 13.5 Å². The van der Waals surface area contributed by atoms with Gasteiger partial charge in [0.05, 0.1) is 11.0 Å². The Bertz CT molecular complexity index is 1370. The summed E-state index contributed by atoms with van der Waals surface area (Å²) in [7, 11) is 1.58. The molecule has 31 heavy (non-hydrogen) atoms. The van der Waals surface area contributed by atoms with Gasteiger partial charge in [-0.05, 0) is 66.6 Å². The molecule has 1 amide bonds. The summed E-state index contributed by atoms with van der Waals surface area (Å²) in [5.41, 5.74) is 2.97. The summed E-state index contributed by atoms with van der Waals surface area (Å²) in [6.45, 7) is 1.58. The topological polar surface area (TPSA) is 76.3 Å². The van der Waals surface area contributed by atoms with Crippen molar-refractivity contribution in [1.29, 1.82) is 0 Å². The number of aryl methyl sites for hydroxylation is 2. The van der Waals surface area contributed by atoms with Crippen LogP contribution in [0.25, 0.3) is 22.2 Å². The maximum atomic E-state index is 14.0. The molecule has 1 aromatic heterocycles. The molecule has 6 nitrogen and oxygen atoms in total. The highest BCUT2D eigenvalue weighted by Gasteiger charge is 2.19. The molecule has 0 atom stereocenters. The Balaban J connectivity index is 1.78. The number of fused-ring (bicyclic) bond motifs is 1. The van der Waals surface area contributed by atoms with Gasteiger partial charge in [0.2, 0.25) is 5.91 Å². The van der Waals surface area contributed by atoms with Crippen LogP contribution in [-0.4, -0.2) is 20.1 Å². The minimum absolute atomic E-state index is 0.250. The second-order valence-corrected chi connectivity index (χ2v) is 7.33. The molecule has 0 bridgehead atoms. The van der Waals surface area contributed by atoms with Crippen molar-refractivity contribution < 1.29 is 18.7 Å². The third-order valence-electron chi connectivity index (χ3n) is 5.07. The number of amides is 1. The smallest absolute Gasteiger partial charge is 0.329 e. The van der Waals surface area contributed by atoms with E-state index in [0.717, 1.165) is 5.56 Å². The summed E-state index contributed by atoms with van der Waals surface area (Å²) in [5, 5.41) is 12.1. The zero-order valence-corrected chi connectivity index (χ0v) is 16.8. The molecular formula is C23H19F2N3O3. The number of carbonyl (C=O) groups is 1. The second kappa shape index (κ2) is 7.71. The van der Waals surface area contributed by atoms with Crippen LogP contribution in [0.5, 0.6) is 5.75 Å². The molecule has 0 aliphatic rings. The quantitative estimate of drug-likeness (QED) is 0.522. The number of carbonyl (C=O) groups excluding carboxylic acids is 1. The molecular weight excluding hydrogens is 404 g/mol. The minimum Gasteiger partial charge on any atom is -0.505 e. The van der Waals surface area contributed by atoms with Crippen molar-refractivity contribution in [3.8, 4) is 16.9 Å². The molecule has 0 aliphatic carbocycles. The number of nitrogens with one attached hydrogen (secondary N) is 1. The minimum atomic E-state index is -0.768. The van der Waals surface area contributed by atoms with Crippen LogP contribution in [0.15, 0.2) is 59.4 Å². The SMILES string of the molecule is Cc1cc(-c2ccc(O)c(F)c2)c2c(c1)n(CC(=O)Nc1ccc(F)cc1)c(=O)n2C. The summed E-state index contributed by atoms with van der Waals surface area (Å²) < 4.78 is 29.8. The fourth-order valence-electron chi connectivity index (χ4n) is 3.62. The van der Waals surface area contributed by atoms with Crippen LogP contribution < -0.4 is 11.0 Å². The molecule has 0 unspecified atom stereocenters. The van der Waals surface area contributed by atoms with Gasteiger partial charge in [-0.1, -0.05) is 6.07 Å². The first kappa shape index (κ1) is 20.3. The Morgan fingerprint density at radius 1 is 1.06 bits per heavy atom. The molecule has 158 valence electrons. The molecule has 0 saturated heterocycles. The van der Waals surface area contributed by atoms with Crippen LogP contribution in [0, 0.1) is 18.6 Å². The van der Waals surface area contributed by atoms with Gasteiger partial charge >= 0.3 is 5.69 Å². The Labute approximate surface area is 176 Å². The van der Waals surface area contributed by atoms with E-state index in [1.165, 1.54) is 45.5 Å². The number of anilines is 1. The van der Waals surface area contributed by atoms with E-state index in [-0.39, 0.29) is 6.54 Å². The first-order valence-corrected chi connectivity index (χ1v) is 9.49. The van der Waals surface area contributed by atoms with Crippen molar-refractivity contribution in [3.05, 3.63) is 82.3 Å². The van der Waals surface area contributed by atoms with Gasteiger partial charge in [-0.15, -0.1) is 0 Å². The van der Waals surface area contributed by atoms with Crippen LogP contribution in [0.2, 0.25) is 0 Å². The zero-order valence-electron chi connectivity index (χ0n) is 16.8. The second-order valence-electron chi connectivity index (χ2n) is 7.33. The number of benzene rings is 3. The van der Waals surface area contributed by atoms with Gasteiger partial charge in [0.1, 0.15) is 12.4 Å². The van der Waals surface area contributed by atoms with Gasteiger partial charge in [0.25, 0.3) is 0 Å². The van der Waals surface area contributed by atoms with Crippen molar-refractivity contribution in [3.63, 3.8) is 0 Å². The number of rotatable bonds is 4. The number of halogens is 2. The third-order valence-corrected chi connectivity index (χ3v) is 5.07. The molecule has 2 N–H and O–H groups in total. The molecule has 0 fully saturated rings. The van der Waals surface area contributed by atoms with Gasteiger partial charge in [0.15, 0.2) is 11.6 Å². The first-order valence-electron chi connectivity index (χ1n) is 9.49. The molecule has 0 saturated carbocycles. The highest BCUT2D eigenvalue weighted by Crippen LogP contribution is 2.32. The van der Waals surface area contributed by atoms with Crippen LogP contribution >= 0.6 is 0 Å². The highest BCUT2D eigenvalue weighted by molar-refractivity contribution is 5.95. The number of phenolic OH excluding ortho intramolecular Hbond substituents is 1. The Hall–Kier alpha value is -3.94. The van der Waals surface area contributed by atoms with E-state index < -0.39 is 29.0 Å². The average Bonchev–Trinajstić information content (AvgIpc) is 2.96. The molecule has 1 heterocycles. The number of hydrogen-bond donors (Lipinski definition) is 2. The fraction of sp³-hybridized carbons (Fsp3) is 0.130. The summed E-state index contributed by atoms with van der Waals surface area (Å²) in [5.74, 6) is -2.09. The van der Waals surface area contributed by atoms with E-state index in [9.17, 15) is 23.5 Å². The number of imidazole rings is 1. The Kier molecular flexibility index (Phi) is 5.06. The molecule has 3 aromatic carbocycles. The van der Waals surface area contributed by atoms with E-state index in [1.807, 2.05) is 13.0 Å². The molecule has 8 heteroatoms. The fourth-order valence-corrected chi connectivity index (χ4v) is 3.62. The number of nitrogens with zero attached hydrogens (tertiary/aromatic N) is 2. The van der Waals surface area contributed by atoms with Crippen molar-refractivity contribution >= 4 is 22.6 Å². The molecule has 4 aromatic rings. The lowest BCUT2D eigenvalue weighted by atomic mass is 10.0. The van der Waals surface area contributed by atoms with Gasteiger partial charge in [-0.2, -0.15) is 0 Å². The van der Waals surface area contributed by atoms with Crippen LogP contribution in [0.4, 0.5) is 14.5 Å². The van der Waals surface area contributed by atoms with Gasteiger partial charge in [0, 0.05) is 18.3 Å². The molecule has 0 spiro atoms. The molecule has 4 rings (SSSR count). The van der Waals surface area contributed by atoms with Gasteiger partial charge in [-0.25, -0.2) is 13.6 Å². The van der Waals surface area contributed by atoms with Gasteiger partial charge in [-0.3, -0.25) is 13.9 Å². The molecule has 0 aliphatic heterocycles. The first-order chi connectivity index (χ1) is 14.7. The number of phenols is 1. The predicted molar refractivity (Wildman–Crippen MR) is 114 cm³/mol. The van der Waals surface area contributed by atoms with E-state index in [2.05, 4.69) is 5.32 Å². The Morgan fingerprint density at radius 3 is 2.45 bits per heavy atom. The largest absolute Gasteiger partial charge is 0.505 e. The molecule has 0 radical (unpaired) electrons. The van der Waals surface area contributed by atoms with Crippen LogP contribution in [0.1, 0.15) is 5.56 Å². The summed E-state index contributed by atoms with van der Waals surface area (Å²) in [6, 6.07) is 12.9. The van der Waals surface area contributed by atoms with E-state index in [4.69, 9.17) is 0 Å². The lowest BCUT2D eigenvalue weighted by molar-refractivity contribution is -0.116. The van der Waals surface area contributed by atoms with Crippen molar-refractivity contribution in [1.82, 2.24) is 9.13 Å². The maximum Gasteiger partial charge on any atom is 0.329 e. The van der Waals surface area contributed by atoms with E-state index >= 15 is 0 Å². The standard InChI is InChI=1S/C23H19F2N3O3/c1-13-9-17(14-3-8-20(29)18(25)11-14)22-19(10-13)28(23(31)27(22)2)12-21(30)26-16-6-4-15(24)5-7-16/h3-11,29H,12H2,1-2H3,(H,26,30). The van der Waals surface area contributed by atoms with E-state index in [0.29, 0.717) is 27.8 Å². The monoisotopic (exact) mass is 423 g/mol. The lowest BCUT2D eigenvalue weighted by Crippen LogP contribution is -2.28. The Morgan fingerprint density at radius 2 is 1.77 bits per heavy atom. The predicted octanol–water partition coefficient (Wildman–Crippen LogP) is 3.94. The normalized spacial score (nSPS) is 11.1. The third kappa shape index (κ3) is 3.79. The van der Waals surface area contributed by atoms with Crippen molar-refractivity contribution in [2.75, 3.05) is 5.32 Å². The van der Waals surface area contributed by atoms with Crippen LogP contribution in [0.3, 0.4) is 0 Å². The van der Waals surface area contributed by atoms with E-state index in [1.54, 1.807) is 19.2 Å². The maximum absolute atomic E-state index is 14.0. The van der Waals surface area contributed by atoms with Gasteiger partial charge < -0.3 is 10.4 Å². The van der Waals surface area contributed by atoms with Crippen LogP contribution in [-0.2, 0) is 18.4 Å². The number of aromatic hydroxyl groups is 1. The average molecular weight is 423 g/mol. The highest BCUT2D eigenvalue weighted by atomic mass is 19.1. The zero-order chi connectivity index (χ0) is 22.3.